The van der Waals surface area contributed by atoms with E-state index in [1.165, 1.54) is 29.0 Å². The van der Waals surface area contributed by atoms with Crippen molar-refractivity contribution in [1.82, 2.24) is 15.1 Å². The number of benzene rings is 2. The van der Waals surface area contributed by atoms with Gasteiger partial charge in [-0.05, 0) is 29.7 Å². The standard InChI is InChI=1S/C28H30F3N3O5/c1-39-16-14-33(19-36)25-23(13-12-20-7-3-2-4-8-20)34(27(25)38)24(11-6-15-35)26(37)32-18-21-9-5-10-22(17-21)28(29,30)31/h2-5,7-10,12-13,15,17,19,23-25H,6,11,14,16,18H2,1H3,(H,32,37)/b13-12+/t23?,24-,25?/m0/s1. The van der Waals surface area contributed by atoms with Gasteiger partial charge >= 0.3 is 6.18 Å². The van der Waals surface area contributed by atoms with Crippen LogP contribution in [0.4, 0.5) is 13.2 Å². The summed E-state index contributed by atoms with van der Waals surface area (Å²) in [6.07, 6.45) is 0.122. The minimum absolute atomic E-state index is 0.00518. The van der Waals surface area contributed by atoms with E-state index in [-0.39, 0.29) is 38.1 Å². The van der Waals surface area contributed by atoms with E-state index in [1.807, 2.05) is 30.3 Å². The van der Waals surface area contributed by atoms with E-state index >= 15 is 0 Å². The normalized spacial score (nSPS) is 17.9. The van der Waals surface area contributed by atoms with Crippen LogP contribution >= 0.6 is 0 Å². The molecule has 208 valence electrons. The summed E-state index contributed by atoms with van der Waals surface area (Å²) in [5.74, 6) is -1.10. The van der Waals surface area contributed by atoms with Gasteiger partial charge in [0.05, 0.1) is 18.2 Å². The Bertz CT molecular complexity index is 1170. The van der Waals surface area contributed by atoms with Crippen molar-refractivity contribution in [3.63, 3.8) is 0 Å². The third-order valence-corrected chi connectivity index (χ3v) is 6.40. The smallest absolute Gasteiger partial charge is 0.383 e. The zero-order chi connectivity index (χ0) is 28.4. The third kappa shape index (κ3) is 7.53. The first-order valence-electron chi connectivity index (χ1n) is 12.3. The molecule has 1 aliphatic rings. The van der Waals surface area contributed by atoms with Crippen LogP contribution in [0.1, 0.15) is 29.5 Å². The lowest BCUT2D eigenvalue weighted by Gasteiger charge is -2.52. The number of methoxy groups -OCH3 is 1. The maximum absolute atomic E-state index is 13.3. The Morgan fingerprint density at radius 2 is 1.90 bits per heavy atom. The molecule has 0 aromatic heterocycles. The van der Waals surface area contributed by atoms with Crippen LogP contribution in [0.2, 0.25) is 0 Å². The van der Waals surface area contributed by atoms with Crippen molar-refractivity contribution >= 4 is 30.6 Å². The van der Waals surface area contributed by atoms with Gasteiger partial charge in [0.2, 0.25) is 18.2 Å². The third-order valence-electron chi connectivity index (χ3n) is 6.40. The number of halogens is 3. The fourth-order valence-electron chi connectivity index (χ4n) is 4.43. The zero-order valence-electron chi connectivity index (χ0n) is 21.3. The predicted octanol–water partition coefficient (Wildman–Crippen LogP) is 3.07. The van der Waals surface area contributed by atoms with E-state index < -0.39 is 41.7 Å². The highest BCUT2D eigenvalue weighted by Crippen LogP contribution is 2.31. The molecule has 1 heterocycles. The number of carbonyl (C=O) groups is 4. The van der Waals surface area contributed by atoms with Crippen LogP contribution < -0.4 is 5.32 Å². The molecule has 2 aromatic rings. The van der Waals surface area contributed by atoms with Crippen LogP contribution in [0.5, 0.6) is 0 Å². The van der Waals surface area contributed by atoms with Gasteiger partial charge in [0.25, 0.3) is 0 Å². The monoisotopic (exact) mass is 545 g/mol. The molecule has 3 rings (SSSR count). The number of β-lactam (4-membered cyclic amide) rings is 1. The maximum atomic E-state index is 13.3. The Morgan fingerprint density at radius 1 is 1.15 bits per heavy atom. The average molecular weight is 546 g/mol. The quantitative estimate of drug-likeness (QED) is 0.291. The molecule has 39 heavy (non-hydrogen) atoms. The molecular weight excluding hydrogens is 515 g/mol. The fourth-order valence-corrected chi connectivity index (χ4v) is 4.43. The summed E-state index contributed by atoms with van der Waals surface area (Å²) in [4.78, 5) is 52.2. The first-order valence-corrected chi connectivity index (χ1v) is 12.3. The van der Waals surface area contributed by atoms with E-state index in [4.69, 9.17) is 4.74 Å². The highest BCUT2D eigenvalue weighted by Gasteiger charge is 2.53. The average Bonchev–Trinajstić information content (AvgIpc) is 2.93. The molecule has 0 spiro atoms. The van der Waals surface area contributed by atoms with Crippen LogP contribution in [0.25, 0.3) is 6.08 Å². The van der Waals surface area contributed by atoms with Gasteiger partial charge in [-0.25, -0.2) is 0 Å². The number of amides is 3. The van der Waals surface area contributed by atoms with Crippen LogP contribution in [0.3, 0.4) is 0 Å². The number of rotatable bonds is 14. The van der Waals surface area contributed by atoms with Crippen molar-refractivity contribution in [2.24, 2.45) is 0 Å². The number of aldehydes is 1. The molecule has 2 unspecified atom stereocenters. The van der Waals surface area contributed by atoms with E-state index in [1.54, 1.807) is 12.2 Å². The second kappa shape index (κ2) is 13.7. The van der Waals surface area contributed by atoms with Gasteiger partial charge in [-0.1, -0.05) is 54.6 Å². The number of carbonyl (C=O) groups excluding carboxylic acids is 4. The van der Waals surface area contributed by atoms with Crippen molar-refractivity contribution in [2.45, 2.75) is 43.7 Å². The topological polar surface area (TPSA) is 96.0 Å². The van der Waals surface area contributed by atoms with Crippen molar-refractivity contribution in [3.8, 4) is 0 Å². The SMILES string of the molecule is COCCN(C=O)C1C(=O)N([C@@H](CCC=O)C(=O)NCc2cccc(C(F)(F)F)c2)C1/C=C/c1ccccc1. The summed E-state index contributed by atoms with van der Waals surface area (Å²) < 4.78 is 44.3. The van der Waals surface area contributed by atoms with Gasteiger partial charge in [0, 0.05) is 26.6 Å². The molecule has 0 radical (unpaired) electrons. The Hall–Kier alpha value is -3.99. The Balaban J connectivity index is 1.85. The van der Waals surface area contributed by atoms with Crippen molar-refractivity contribution in [2.75, 3.05) is 20.3 Å². The number of hydrogen-bond acceptors (Lipinski definition) is 5. The second-order valence-corrected chi connectivity index (χ2v) is 8.96. The number of nitrogens with one attached hydrogen (secondary N) is 1. The number of likely N-dealkylation sites (tertiary alicyclic amines) is 1. The number of alkyl halides is 3. The number of nitrogens with zero attached hydrogens (tertiary/aromatic N) is 2. The van der Waals surface area contributed by atoms with Gasteiger partial charge in [-0.3, -0.25) is 14.4 Å². The molecule has 1 fully saturated rings. The summed E-state index contributed by atoms with van der Waals surface area (Å²) in [6.45, 7) is 0.148. The molecule has 0 aliphatic carbocycles. The largest absolute Gasteiger partial charge is 0.416 e. The summed E-state index contributed by atoms with van der Waals surface area (Å²) in [6, 6.07) is 11.2. The first kappa shape index (κ1) is 29.6. The number of hydrogen-bond donors (Lipinski definition) is 1. The Kier molecular flexibility index (Phi) is 10.4. The molecule has 11 heteroatoms. The van der Waals surface area contributed by atoms with Gasteiger partial charge in [0.1, 0.15) is 18.4 Å². The molecular formula is C28H30F3N3O5. The van der Waals surface area contributed by atoms with Crippen LogP contribution in [0, 0.1) is 0 Å². The predicted molar refractivity (Wildman–Crippen MR) is 137 cm³/mol. The van der Waals surface area contributed by atoms with Gasteiger partial charge in [0.15, 0.2) is 0 Å². The molecule has 0 bridgehead atoms. The molecule has 1 N–H and O–H groups in total. The highest BCUT2D eigenvalue weighted by molar-refractivity contribution is 5.97. The van der Waals surface area contributed by atoms with E-state index in [2.05, 4.69) is 5.32 Å². The second-order valence-electron chi connectivity index (χ2n) is 8.96. The van der Waals surface area contributed by atoms with Crippen LogP contribution in [0.15, 0.2) is 60.7 Å². The molecule has 1 saturated heterocycles. The minimum atomic E-state index is -4.53. The van der Waals surface area contributed by atoms with Crippen molar-refractivity contribution in [1.29, 1.82) is 0 Å². The van der Waals surface area contributed by atoms with Crippen molar-refractivity contribution in [3.05, 3.63) is 77.4 Å². The molecule has 3 atom stereocenters. The molecule has 8 nitrogen and oxygen atoms in total. The lowest BCUT2D eigenvalue weighted by molar-refractivity contribution is -0.166. The molecule has 3 amide bonds. The zero-order valence-corrected chi connectivity index (χ0v) is 21.3. The van der Waals surface area contributed by atoms with Crippen LogP contribution in [-0.4, -0.2) is 72.7 Å². The Labute approximate surface area is 224 Å². The van der Waals surface area contributed by atoms with Crippen molar-refractivity contribution < 1.29 is 37.1 Å². The summed E-state index contributed by atoms with van der Waals surface area (Å²) in [5, 5.41) is 2.60. The van der Waals surface area contributed by atoms with Crippen LogP contribution in [-0.2, 0) is 36.6 Å². The number of ether oxygens (including phenoxy) is 1. The van der Waals surface area contributed by atoms with Gasteiger partial charge < -0.3 is 24.6 Å². The fraction of sp³-hybridized carbons (Fsp3) is 0.357. The van der Waals surface area contributed by atoms with E-state index in [0.29, 0.717) is 12.7 Å². The van der Waals surface area contributed by atoms with E-state index in [0.717, 1.165) is 17.7 Å². The summed E-state index contributed by atoms with van der Waals surface area (Å²) in [7, 11) is 1.47. The highest BCUT2D eigenvalue weighted by atomic mass is 19.4. The van der Waals surface area contributed by atoms with Gasteiger partial charge in [-0.2, -0.15) is 13.2 Å². The Morgan fingerprint density at radius 3 is 2.54 bits per heavy atom. The summed E-state index contributed by atoms with van der Waals surface area (Å²) in [5.41, 5.74) is 0.222. The lowest BCUT2D eigenvalue weighted by Crippen LogP contribution is -2.74. The van der Waals surface area contributed by atoms with E-state index in [9.17, 15) is 32.3 Å². The summed E-state index contributed by atoms with van der Waals surface area (Å²) >= 11 is 0. The minimum Gasteiger partial charge on any atom is -0.383 e. The first-order chi connectivity index (χ1) is 18.7. The molecule has 0 saturated carbocycles. The maximum Gasteiger partial charge on any atom is 0.416 e. The molecule has 2 aromatic carbocycles. The molecule has 1 aliphatic heterocycles. The lowest BCUT2D eigenvalue weighted by atomic mass is 9.88. The van der Waals surface area contributed by atoms with Gasteiger partial charge in [-0.15, -0.1) is 0 Å².